The van der Waals surface area contributed by atoms with E-state index in [4.69, 9.17) is 14.2 Å². The van der Waals surface area contributed by atoms with E-state index in [1.807, 2.05) is 106 Å². The van der Waals surface area contributed by atoms with Crippen LogP contribution >= 0.6 is 0 Å². The van der Waals surface area contributed by atoms with E-state index in [2.05, 4.69) is 20.8 Å². The first-order chi connectivity index (χ1) is 21.1. The summed E-state index contributed by atoms with van der Waals surface area (Å²) in [6.07, 6.45) is 10.8. The summed E-state index contributed by atoms with van der Waals surface area (Å²) < 4.78 is 16.6. The summed E-state index contributed by atoms with van der Waals surface area (Å²) in [5.41, 5.74) is -0.655. The fraction of sp³-hybridized carbons (Fsp3) is 0.775. The highest BCUT2D eigenvalue weighted by atomic mass is 16.6. The molecule has 266 valence electrons. The molecule has 1 aromatic carbocycles. The third-order valence-corrected chi connectivity index (χ3v) is 9.47. The summed E-state index contributed by atoms with van der Waals surface area (Å²) in [4.78, 5) is 35.6. The molecule has 0 saturated heterocycles. The third kappa shape index (κ3) is 16.0. The van der Waals surface area contributed by atoms with Crippen LogP contribution in [0.4, 0.5) is 0 Å². The number of ether oxygens (including phenoxy) is 3. The lowest BCUT2D eigenvalue weighted by molar-refractivity contribution is -0.179. The van der Waals surface area contributed by atoms with Crippen LogP contribution in [-0.4, -0.2) is 29.1 Å². The number of hydrogen-bond donors (Lipinski definition) is 0. The molecule has 0 aliphatic heterocycles. The van der Waals surface area contributed by atoms with Gasteiger partial charge in [-0.15, -0.1) is 0 Å². The van der Waals surface area contributed by atoms with Gasteiger partial charge >= 0.3 is 17.9 Å². The zero-order valence-electron chi connectivity index (χ0n) is 32.2. The van der Waals surface area contributed by atoms with Gasteiger partial charge in [0.25, 0.3) is 0 Å². The molecule has 1 aliphatic carbocycles. The van der Waals surface area contributed by atoms with E-state index in [1.54, 1.807) is 0 Å². The molecule has 0 N–H and O–H groups in total. The normalized spacial score (nSPS) is 15.5. The second-order valence-electron chi connectivity index (χ2n) is 16.2. The van der Waals surface area contributed by atoms with Gasteiger partial charge in [-0.2, -0.15) is 0 Å². The molecule has 0 bridgehead atoms. The summed E-state index contributed by atoms with van der Waals surface area (Å²) in [5.74, 6) is 0.151. The van der Waals surface area contributed by atoms with Gasteiger partial charge in [-0.3, -0.25) is 14.4 Å². The van der Waals surface area contributed by atoms with Gasteiger partial charge in [0.2, 0.25) is 0 Å². The summed E-state index contributed by atoms with van der Waals surface area (Å²) in [5, 5.41) is 0. The van der Waals surface area contributed by atoms with Crippen molar-refractivity contribution in [3.8, 4) is 0 Å². The van der Waals surface area contributed by atoms with E-state index in [1.165, 1.54) is 32.1 Å². The largest absolute Gasteiger partial charge is 0.460 e. The minimum Gasteiger partial charge on any atom is -0.460 e. The minimum atomic E-state index is -0.380. The Balaban J connectivity index is 0.000000680. The van der Waals surface area contributed by atoms with Crippen molar-refractivity contribution in [2.24, 2.45) is 22.2 Å². The highest BCUT2D eigenvalue weighted by molar-refractivity contribution is 5.77. The highest BCUT2D eigenvalue weighted by Gasteiger charge is 2.41. The van der Waals surface area contributed by atoms with Crippen LogP contribution in [0.3, 0.4) is 0 Å². The molecule has 0 unspecified atom stereocenters. The predicted octanol–water partition coefficient (Wildman–Crippen LogP) is 11.0. The van der Waals surface area contributed by atoms with E-state index >= 15 is 0 Å². The molecular weight excluding hydrogens is 576 g/mol. The van der Waals surface area contributed by atoms with E-state index in [-0.39, 0.29) is 45.4 Å². The Morgan fingerprint density at radius 2 is 1.07 bits per heavy atom. The van der Waals surface area contributed by atoms with Crippen LogP contribution in [0.25, 0.3) is 0 Å². The van der Waals surface area contributed by atoms with Gasteiger partial charge in [-0.1, -0.05) is 84.2 Å². The molecule has 6 nitrogen and oxygen atoms in total. The number of rotatable bonds is 10. The van der Waals surface area contributed by atoms with Crippen molar-refractivity contribution in [1.82, 2.24) is 0 Å². The smallest absolute Gasteiger partial charge is 0.312 e. The summed E-state index contributed by atoms with van der Waals surface area (Å²) >= 11 is 0. The Bertz CT molecular complexity index is 1020. The minimum absolute atomic E-state index is 0.00993. The number of esters is 3. The molecule has 1 saturated carbocycles. The van der Waals surface area contributed by atoms with Gasteiger partial charge in [0.15, 0.2) is 0 Å². The Morgan fingerprint density at radius 3 is 1.48 bits per heavy atom. The molecule has 1 fully saturated rings. The highest BCUT2D eigenvalue weighted by Crippen LogP contribution is 2.38. The van der Waals surface area contributed by atoms with Gasteiger partial charge in [0, 0.05) is 0 Å². The fourth-order valence-electron chi connectivity index (χ4n) is 4.39. The topological polar surface area (TPSA) is 78.9 Å². The van der Waals surface area contributed by atoms with Crippen LogP contribution in [0.15, 0.2) is 30.3 Å². The summed E-state index contributed by atoms with van der Waals surface area (Å²) in [6.45, 7) is 28.1. The Hall–Kier alpha value is -2.37. The first-order valence-corrected chi connectivity index (χ1v) is 17.8. The first-order valence-electron chi connectivity index (χ1n) is 17.8. The molecule has 1 aromatic rings. The number of hydrogen-bond acceptors (Lipinski definition) is 6. The molecule has 0 radical (unpaired) electrons. The predicted molar refractivity (Wildman–Crippen MR) is 190 cm³/mol. The van der Waals surface area contributed by atoms with Crippen molar-refractivity contribution >= 4 is 17.9 Å². The maximum absolute atomic E-state index is 12.4. The molecule has 6 heteroatoms. The van der Waals surface area contributed by atoms with Crippen molar-refractivity contribution in [2.45, 2.75) is 179 Å². The molecule has 1 aliphatic rings. The summed E-state index contributed by atoms with van der Waals surface area (Å²) in [7, 11) is 0. The van der Waals surface area contributed by atoms with Gasteiger partial charge in [-0.25, -0.2) is 0 Å². The van der Waals surface area contributed by atoms with Crippen molar-refractivity contribution in [1.29, 1.82) is 0 Å². The SMILES string of the molecule is CCC(C)(C)C(=O)OC(C)(C)C.CCC(C)(C)C(=O)OC1(C(C)C)CCCCCCC1.CCC(C)(C)C(=O)OCc1ccccc1. The van der Waals surface area contributed by atoms with Crippen molar-refractivity contribution < 1.29 is 28.6 Å². The van der Waals surface area contributed by atoms with E-state index in [0.717, 1.165) is 37.7 Å². The number of carbonyl (C=O) groups is 3. The Kier molecular flexibility index (Phi) is 18.4. The van der Waals surface area contributed by atoms with Crippen LogP contribution in [0.2, 0.25) is 0 Å². The first kappa shape index (κ1) is 43.6. The van der Waals surface area contributed by atoms with E-state index in [9.17, 15) is 14.4 Å². The monoisotopic (exact) mass is 647 g/mol. The average Bonchev–Trinajstić information content (AvgIpc) is 2.97. The standard InChI is InChI=1S/C17H32O2.C13H18O2.C10H20O2/c1-6-16(4,5)15(18)19-17(14(2)3)12-10-8-7-9-11-13-17;1-4-13(2,3)12(14)15-10-11-8-6-5-7-9-11;1-7-10(5,6)8(11)12-9(2,3)4/h14H,6-13H2,1-5H3;5-9H,4,10H2,1-3H3;7H2,1-6H3. The molecule has 46 heavy (non-hydrogen) atoms. The number of benzene rings is 1. The lowest BCUT2D eigenvalue weighted by Crippen LogP contribution is -2.44. The van der Waals surface area contributed by atoms with Crippen LogP contribution in [-0.2, 0) is 35.2 Å². The van der Waals surface area contributed by atoms with Gasteiger partial charge in [0.1, 0.15) is 17.8 Å². The van der Waals surface area contributed by atoms with Crippen LogP contribution in [0.5, 0.6) is 0 Å². The van der Waals surface area contributed by atoms with Crippen molar-refractivity contribution in [3.63, 3.8) is 0 Å². The quantitative estimate of drug-likeness (QED) is 0.186. The lowest BCUT2D eigenvalue weighted by atomic mass is 9.78. The molecule has 0 heterocycles. The van der Waals surface area contributed by atoms with Crippen LogP contribution in [0, 0.1) is 22.2 Å². The molecule has 0 amide bonds. The van der Waals surface area contributed by atoms with Crippen LogP contribution in [0.1, 0.15) is 167 Å². The third-order valence-electron chi connectivity index (χ3n) is 9.47. The lowest BCUT2D eigenvalue weighted by Gasteiger charge is -2.40. The maximum atomic E-state index is 12.4. The zero-order chi connectivity index (χ0) is 35.8. The molecule has 0 spiro atoms. The van der Waals surface area contributed by atoms with Gasteiger partial charge in [0.05, 0.1) is 16.2 Å². The van der Waals surface area contributed by atoms with Gasteiger partial charge in [-0.05, 0) is 119 Å². The van der Waals surface area contributed by atoms with E-state index in [0.29, 0.717) is 12.5 Å². The maximum Gasteiger partial charge on any atom is 0.312 e. The van der Waals surface area contributed by atoms with E-state index < -0.39 is 0 Å². The second kappa shape index (κ2) is 19.5. The zero-order valence-corrected chi connectivity index (χ0v) is 32.2. The van der Waals surface area contributed by atoms with Crippen molar-refractivity contribution in [3.05, 3.63) is 35.9 Å². The Morgan fingerprint density at radius 1 is 0.652 bits per heavy atom. The fourth-order valence-corrected chi connectivity index (χ4v) is 4.39. The van der Waals surface area contributed by atoms with Crippen molar-refractivity contribution in [2.75, 3.05) is 0 Å². The van der Waals surface area contributed by atoms with Gasteiger partial charge < -0.3 is 14.2 Å². The molecule has 2 rings (SSSR count). The number of carbonyl (C=O) groups excluding carboxylic acids is 3. The summed E-state index contributed by atoms with van der Waals surface area (Å²) in [6, 6.07) is 9.72. The molecular formula is C40H70O6. The molecule has 0 aromatic heterocycles. The Labute approximate surface area is 283 Å². The average molecular weight is 647 g/mol. The van der Waals surface area contributed by atoms with Crippen LogP contribution < -0.4 is 0 Å². The molecule has 0 atom stereocenters. The second-order valence-corrected chi connectivity index (χ2v) is 16.2.